The first kappa shape index (κ1) is 19.4. The van der Waals surface area contributed by atoms with Gasteiger partial charge in [-0.3, -0.25) is 4.68 Å². The smallest absolute Gasteiger partial charge is 0.228 e. The molecule has 10 heteroatoms. The minimum absolute atomic E-state index is 0.0342. The minimum atomic E-state index is -0.0342. The Kier molecular flexibility index (Phi) is 5.21. The summed E-state index contributed by atoms with van der Waals surface area (Å²) in [5, 5.41) is 13.2. The van der Waals surface area contributed by atoms with E-state index in [2.05, 4.69) is 30.5 Å². The molecule has 0 bridgehead atoms. The Morgan fingerprint density at radius 2 is 2.13 bits per heavy atom. The molecule has 1 saturated heterocycles. The fourth-order valence-corrected chi connectivity index (χ4v) is 3.79. The molecule has 1 aliphatic rings. The fraction of sp³-hybridized carbons (Fsp3) is 0.381. The molecule has 1 atom stereocenters. The number of nitrogens with two attached hydrogens (primary N) is 1. The molecule has 0 aliphatic carbocycles. The van der Waals surface area contributed by atoms with Gasteiger partial charge < -0.3 is 15.8 Å². The van der Waals surface area contributed by atoms with Crippen LogP contribution in [-0.4, -0.2) is 47.7 Å². The summed E-state index contributed by atoms with van der Waals surface area (Å²) >= 11 is 0. The molecule has 4 aromatic rings. The summed E-state index contributed by atoms with van der Waals surface area (Å²) in [5.41, 5.74) is 8.80. The molecule has 1 unspecified atom stereocenters. The third-order valence-electron chi connectivity index (χ3n) is 5.34. The molecule has 0 saturated carbocycles. The largest absolute Gasteiger partial charge is 0.368 e. The highest BCUT2D eigenvalue weighted by Gasteiger charge is 2.19. The first-order chi connectivity index (χ1) is 15.2. The summed E-state index contributed by atoms with van der Waals surface area (Å²) < 4.78 is 9.74. The predicted octanol–water partition coefficient (Wildman–Crippen LogP) is 2.79. The predicted molar refractivity (Wildman–Crippen MR) is 117 cm³/mol. The lowest BCUT2D eigenvalue weighted by Crippen LogP contribution is -2.19. The Labute approximate surface area is 179 Å². The number of hydrogen-bond donors (Lipinski definition) is 2. The van der Waals surface area contributed by atoms with Gasteiger partial charge in [-0.1, -0.05) is 12.1 Å². The van der Waals surface area contributed by atoms with Gasteiger partial charge in [-0.05, 0) is 38.3 Å². The van der Waals surface area contributed by atoms with Crippen molar-refractivity contribution in [2.75, 3.05) is 24.2 Å². The number of benzene rings is 1. The lowest BCUT2D eigenvalue weighted by atomic mass is 10.1. The van der Waals surface area contributed by atoms with Crippen LogP contribution in [0, 0.1) is 6.92 Å². The summed E-state index contributed by atoms with van der Waals surface area (Å²) in [6.45, 7) is 4.05. The van der Waals surface area contributed by atoms with Crippen molar-refractivity contribution in [3.8, 4) is 11.4 Å². The molecule has 0 amide bonds. The third kappa shape index (κ3) is 4.19. The molecule has 5 rings (SSSR count). The van der Waals surface area contributed by atoms with Gasteiger partial charge in [-0.2, -0.15) is 25.1 Å². The molecule has 0 spiro atoms. The topological polar surface area (TPSA) is 122 Å². The number of ether oxygens (including phenoxy) is 1. The van der Waals surface area contributed by atoms with E-state index in [9.17, 15) is 0 Å². The van der Waals surface area contributed by atoms with Gasteiger partial charge >= 0.3 is 0 Å². The lowest BCUT2D eigenvalue weighted by molar-refractivity contribution is -0.0366. The molecule has 160 valence electrons. The van der Waals surface area contributed by atoms with Crippen molar-refractivity contribution in [1.82, 2.24) is 34.5 Å². The molecule has 3 N–H and O–H groups in total. The number of aryl methyl sites for hydroxylation is 1. The third-order valence-corrected chi connectivity index (χ3v) is 5.34. The monoisotopic (exact) mass is 419 g/mol. The summed E-state index contributed by atoms with van der Waals surface area (Å²) in [6.07, 6.45) is 6.97. The number of anilines is 2. The van der Waals surface area contributed by atoms with Crippen LogP contribution in [0.15, 0.2) is 36.7 Å². The van der Waals surface area contributed by atoms with Gasteiger partial charge in [0.15, 0.2) is 12.1 Å². The van der Waals surface area contributed by atoms with E-state index in [0.29, 0.717) is 24.9 Å². The van der Waals surface area contributed by atoms with E-state index in [-0.39, 0.29) is 12.2 Å². The minimum Gasteiger partial charge on any atom is -0.368 e. The zero-order valence-corrected chi connectivity index (χ0v) is 17.4. The van der Waals surface area contributed by atoms with Crippen LogP contribution in [0.4, 0.5) is 11.9 Å². The number of nitrogens with zero attached hydrogens (tertiary/aromatic N) is 7. The first-order valence-corrected chi connectivity index (χ1v) is 10.5. The second-order valence-electron chi connectivity index (χ2n) is 7.67. The Balaban J connectivity index is 1.38. The molecule has 10 nitrogen and oxygen atoms in total. The van der Waals surface area contributed by atoms with Crippen molar-refractivity contribution < 1.29 is 4.74 Å². The molecule has 1 aromatic carbocycles. The molecule has 1 aliphatic heterocycles. The highest BCUT2D eigenvalue weighted by molar-refractivity contribution is 5.83. The highest BCUT2D eigenvalue weighted by atomic mass is 16.5. The van der Waals surface area contributed by atoms with E-state index in [1.165, 1.54) is 0 Å². The second kappa shape index (κ2) is 8.31. The molecular formula is C21H25N9O. The van der Waals surface area contributed by atoms with Crippen LogP contribution in [0.25, 0.3) is 22.3 Å². The van der Waals surface area contributed by atoms with Crippen LogP contribution in [0.3, 0.4) is 0 Å². The van der Waals surface area contributed by atoms with Crippen molar-refractivity contribution in [2.45, 2.75) is 39.0 Å². The molecule has 3 aromatic heterocycles. The van der Waals surface area contributed by atoms with Gasteiger partial charge in [0.2, 0.25) is 11.9 Å². The van der Waals surface area contributed by atoms with Crippen LogP contribution >= 0.6 is 0 Å². The molecule has 31 heavy (non-hydrogen) atoms. The van der Waals surface area contributed by atoms with Gasteiger partial charge in [-0.15, -0.1) is 0 Å². The van der Waals surface area contributed by atoms with Crippen LogP contribution in [-0.2, 0) is 11.3 Å². The van der Waals surface area contributed by atoms with Crippen molar-refractivity contribution in [3.05, 3.63) is 42.4 Å². The quantitative estimate of drug-likeness (QED) is 0.489. The number of nitrogen functional groups attached to an aromatic ring is 1. The molecular weight excluding hydrogens is 394 g/mol. The van der Waals surface area contributed by atoms with E-state index in [0.717, 1.165) is 48.0 Å². The fourth-order valence-electron chi connectivity index (χ4n) is 3.79. The molecule has 4 heterocycles. The number of nitrogens with one attached hydrogen (secondary N) is 1. The van der Waals surface area contributed by atoms with Crippen molar-refractivity contribution in [2.24, 2.45) is 0 Å². The van der Waals surface area contributed by atoms with Gasteiger partial charge in [0.25, 0.3) is 0 Å². The maximum atomic E-state index is 5.97. The van der Waals surface area contributed by atoms with Crippen molar-refractivity contribution in [1.29, 1.82) is 0 Å². The maximum Gasteiger partial charge on any atom is 0.228 e. The Morgan fingerprint density at radius 1 is 1.19 bits per heavy atom. The zero-order chi connectivity index (χ0) is 21.2. The Hall–Kier alpha value is -3.53. The van der Waals surface area contributed by atoms with E-state index in [4.69, 9.17) is 10.5 Å². The first-order valence-electron chi connectivity index (χ1n) is 10.5. The van der Waals surface area contributed by atoms with Gasteiger partial charge in [0, 0.05) is 30.3 Å². The number of rotatable bonds is 6. The van der Waals surface area contributed by atoms with Crippen LogP contribution < -0.4 is 11.1 Å². The van der Waals surface area contributed by atoms with E-state index < -0.39 is 0 Å². The molecule has 0 radical (unpaired) electrons. The SMILES string of the molecule is Cc1ccn(CCNc2nc(N)nc(-c3ccc4cnn(C5CCCCO5)c4c3)n2)n1. The van der Waals surface area contributed by atoms with Crippen LogP contribution in [0.2, 0.25) is 0 Å². The number of aromatic nitrogens is 7. The summed E-state index contributed by atoms with van der Waals surface area (Å²) in [5.74, 6) is 1.13. The number of hydrogen-bond acceptors (Lipinski definition) is 8. The normalized spacial score (nSPS) is 16.6. The van der Waals surface area contributed by atoms with Gasteiger partial charge in [-0.25, -0.2) is 4.68 Å². The summed E-state index contributed by atoms with van der Waals surface area (Å²) in [6, 6.07) is 7.99. The Bertz CT molecular complexity index is 1190. The van der Waals surface area contributed by atoms with E-state index in [1.807, 2.05) is 52.9 Å². The highest BCUT2D eigenvalue weighted by Crippen LogP contribution is 2.28. The van der Waals surface area contributed by atoms with Crippen LogP contribution in [0.5, 0.6) is 0 Å². The summed E-state index contributed by atoms with van der Waals surface area (Å²) in [7, 11) is 0. The average Bonchev–Trinajstić information content (AvgIpc) is 3.39. The average molecular weight is 419 g/mol. The maximum absolute atomic E-state index is 5.97. The second-order valence-corrected chi connectivity index (χ2v) is 7.67. The van der Waals surface area contributed by atoms with Crippen LogP contribution in [0.1, 0.15) is 31.2 Å². The zero-order valence-electron chi connectivity index (χ0n) is 17.4. The van der Waals surface area contributed by atoms with Crippen molar-refractivity contribution in [3.63, 3.8) is 0 Å². The Morgan fingerprint density at radius 3 is 2.94 bits per heavy atom. The van der Waals surface area contributed by atoms with E-state index in [1.54, 1.807) is 0 Å². The van der Waals surface area contributed by atoms with Gasteiger partial charge in [0.05, 0.1) is 24.0 Å². The van der Waals surface area contributed by atoms with Gasteiger partial charge in [0.1, 0.15) is 0 Å². The van der Waals surface area contributed by atoms with Crippen molar-refractivity contribution >= 4 is 22.8 Å². The lowest BCUT2D eigenvalue weighted by Gasteiger charge is -2.23. The standard InChI is InChI=1S/C21H25N9O/c1-14-7-9-29(28-14)10-8-23-21-26-19(25-20(22)27-21)15-5-6-16-13-24-30(17(16)12-15)18-4-2-3-11-31-18/h5-7,9,12-13,18H,2-4,8,10-11H2,1H3,(H3,22,23,25,26,27). The number of fused-ring (bicyclic) bond motifs is 1. The van der Waals surface area contributed by atoms with E-state index >= 15 is 0 Å². The molecule has 1 fully saturated rings. The summed E-state index contributed by atoms with van der Waals surface area (Å²) in [4.78, 5) is 13.1.